The maximum absolute atomic E-state index is 5.45. The monoisotopic (exact) mass is 357 g/mol. The Morgan fingerprint density at radius 2 is 1.95 bits per heavy atom. The topological polar surface area (TPSA) is 47.0 Å². The molecule has 0 aliphatic carbocycles. The summed E-state index contributed by atoms with van der Waals surface area (Å²) in [5.41, 5.74) is 1.77. The van der Waals surface area contributed by atoms with Crippen LogP contribution in [0.4, 0.5) is 5.82 Å². The van der Waals surface area contributed by atoms with Gasteiger partial charge in [0.2, 0.25) is 0 Å². The van der Waals surface area contributed by atoms with Gasteiger partial charge < -0.3 is 10.1 Å². The SMILES string of the molecule is CCNc1nc(-c2cc(Br)ccc2OC)nc2ccccc12. The third-order valence-corrected chi connectivity index (χ3v) is 3.84. The van der Waals surface area contributed by atoms with E-state index in [9.17, 15) is 0 Å². The summed E-state index contributed by atoms with van der Waals surface area (Å²) in [6, 6.07) is 13.8. The van der Waals surface area contributed by atoms with Crippen LogP contribution in [0.3, 0.4) is 0 Å². The van der Waals surface area contributed by atoms with Crippen molar-refractivity contribution in [2.75, 3.05) is 19.0 Å². The first-order chi connectivity index (χ1) is 10.7. The highest BCUT2D eigenvalue weighted by molar-refractivity contribution is 9.10. The summed E-state index contributed by atoms with van der Waals surface area (Å²) in [6.45, 7) is 2.85. The minimum absolute atomic E-state index is 0.646. The summed E-state index contributed by atoms with van der Waals surface area (Å²) in [4.78, 5) is 9.37. The minimum Gasteiger partial charge on any atom is -0.496 e. The molecule has 0 saturated carbocycles. The van der Waals surface area contributed by atoms with Gasteiger partial charge in [-0.1, -0.05) is 28.1 Å². The first-order valence-corrected chi connectivity index (χ1v) is 7.86. The molecule has 0 radical (unpaired) electrons. The molecular weight excluding hydrogens is 342 g/mol. The maximum atomic E-state index is 5.45. The van der Waals surface area contributed by atoms with Crippen LogP contribution in [0, 0.1) is 0 Å². The quantitative estimate of drug-likeness (QED) is 0.746. The lowest BCUT2D eigenvalue weighted by Gasteiger charge is -2.12. The lowest BCUT2D eigenvalue weighted by atomic mass is 10.1. The average molecular weight is 358 g/mol. The van der Waals surface area contributed by atoms with Crippen LogP contribution in [0.5, 0.6) is 5.75 Å². The Kier molecular flexibility index (Phi) is 4.24. The van der Waals surface area contributed by atoms with Gasteiger partial charge in [-0.3, -0.25) is 0 Å². The number of aromatic nitrogens is 2. The standard InChI is InChI=1S/C17H16BrN3O/c1-3-19-16-12-6-4-5-7-14(12)20-17(21-16)13-10-11(18)8-9-15(13)22-2/h4-10H,3H2,1-2H3,(H,19,20,21). The summed E-state index contributed by atoms with van der Waals surface area (Å²) in [5.74, 6) is 2.24. The second kappa shape index (κ2) is 6.32. The number of anilines is 1. The largest absolute Gasteiger partial charge is 0.496 e. The van der Waals surface area contributed by atoms with Crippen molar-refractivity contribution in [3.05, 3.63) is 46.9 Å². The van der Waals surface area contributed by atoms with Crippen LogP contribution in [0.2, 0.25) is 0 Å². The number of hydrogen-bond donors (Lipinski definition) is 1. The molecule has 0 atom stereocenters. The zero-order valence-corrected chi connectivity index (χ0v) is 14.0. The van der Waals surface area contributed by atoms with Crippen LogP contribution in [-0.2, 0) is 0 Å². The number of rotatable bonds is 4. The van der Waals surface area contributed by atoms with Crippen molar-refractivity contribution < 1.29 is 4.74 Å². The third kappa shape index (κ3) is 2.76. The number of methoxy groups -OCH3 is 1. The Bertz CT molecular complexity index is 820. The fourth-order valence-electron chi connectivity index (χ4n) is 2.35. The average Bonchev–Trinajstić information content (AvgIpc) is 2.55. The molecule has 1 heterocycles. The van der Waals surface area contributed by atoms with Gasteiger partial charge in [-0.25, -0.2) is 9.97 Å². The molecule has 0 aliphatic rings. The number of fused-ring (bicyclic) bond motifs is 1. The summed E-state index contributed by atoms with van der Waals surface area (Å²) in [7, 11) is 1.65. The van der Waals surface area contributed by atoms with E-state index in [2.05, 4.69) is 38.1 Å². The minimum atomic E-state index is 0.646. The summed E-state index contributed by atoms with van der Waals surface area (Å²) < 4.78 is 6.41. The molecule has 112 valence electrons. The van der Waals surface area contributed by atoms with E-state index in [-0.39, 0.29) is 0 Å². The van der Waals surface area contributed by atoms with Gasteiger partial charge in [-0.05, 0) is 37.3 Å². The molecule has 5 heteroatoms. The van der Waals surface area contributed by atoms with Gasteiger partial charge in [0, 0.05) is 16.4 Å². The van der Waals surface area contributed by atoms with E-state index in [1.165, 1.54) is 0 Å². The van der Waals surface area contributed by atoms with Crippen molar-refractivity contribution in [3.63, 3.8) is 0 Å². The van der Waals surface area contributed by atoms with E-state index in [1.54, 1.807) is 7.11 Å². The summed E-state index contributed by atoms with van der Waals surface area (Å²) >= 11 is 3.50. The molecule has 1 N–H and O–H groups in total. The number of para-hydroxylation sites is 1. The third-order valence-electron chi connectivity index (χ3n) is 3.35. The number of nitrogens with one attached hydrogen (secondary N) is 1. The van der Waals surface area contributed by atoms with Gasteiger partial charge in [0.25, 0.3) is 0 Å². The van der Waals surface area contributed by atoms with Gasteiger partial charge in [0.05, 0.1) is 18.2 Å². The van der Waals surface area contributed by atoms with Crippen molar-refractivity contribution in [3.8, 4) is 17.1 Å². The Morgan fingerprint density at radius 1 is 1.14 bits per heavy atom. The fraction of sp³-hybridized carbons (Fsp3) is 0.176. The van der Waals surface area contributed by atoms with Crippen LogP contribution in [0.25, 0.3) is 22.3 Å². The van der Waals surface area contributed by atoms with Crippen molar-refractivity contribution >= 4 is 32.7 Å². The van der Waals surface area contributed by atoms with Crippen LogP contribution in [0.1, 0.15) is 6.92 Å². The summed E-state index contributed by atoms with van der Waals surface area (Å²) in [5, 5.41) is 4.32. The number of hydrogen-bond acceptors (Lipinski definition) is 4. The van der Waals surface area contributed by atoms with Gasteiger partial charge in [-0.2, -0.15) is 0 Å². The Morgan fingerprint density at radius 3 is 2.73 bits per heavy atom. The highest BCUT2D eigenvalue weighted by Gasteiger charge is 2.13. The molecule has 0 saturated heterocycles. The Labute approximate surface area is 137 Å². The number of ether oxygens (including phenoxy) is 1. The lowest BCUT2D eigenvalue weighted by Crippen LogP contribution is -2.03. The molecule has 0 fully saturated rings. The maximum Gasteiger partial charge on any atom is 0.165 e. The first-order valence-electron chi connectivity index (χ1n) is 7.07. The van der Waals surface area contributed by atoms with Crippen molar-refractivity contribution in [1.29, 1.82) is 0 Å². The molecule has 4 nitrogen and oxygen atoms in total. The van der Waals surface area contributed by atoms with Gasteiger partial charge >= 0.3 is 0 Å². The molecule has 0 spiro atoms. The molecule has 0 unspecified atom stereocenters. The fourth-order valence-corrected chi connectivity index (χ4v) is 2.72. The van der Waals surface area contributed by atoms with Crippen LogP contribution >= 0.6 is 15.9 Å². The van der Waals surface area contributed by atoms with E-state index in [0.717, 1.165) is 39.1 Å². The zero-order chi connectivity index (χ0) is 15.5. The van der Waals surface area contributed by atoms with E-state index in [4.69, 9.17) is 4.74 Å². The van der Waals surface area contributed by atoms with Crippen molar-refractivity contribution in [1.82, 2.24) is 9.97 Å². The van der Waals surface area contributed by atoms with Crippen LogP contribution in [0.15, 0.2) is 46.9 Å². The van der Waals surface area contributed by atoms with E-state index >= 15 is 0 Å². The predicted octanol–water partition coefficient (Wildman–Crippen LogP) is 4.50. The van der Waals surface area contributed by atoms with Crippen LogP contribution < -0.4 is 10.1 Å². The molecule has 0 bridgehead atoms. The predicted molar refractivity (Wildman–Crippen MR) is 93.4 cm³/mol. The Balaban J connectivity index is 2.25. The van der Waals surface area contributed by atoms with E-state index in [1.807, 2.05) is 42.5 Å². The number of halogens is 1. The summed E-state index contributed by atoms with van der Waals surface area (Å²) in [6.07, 6.45) is 0. The van der Waals surface area contributed by atoms with Crippen molar-refractivity contribution in [2.24, 2.45) is 0 Å². The first kappa shape index (κ1) is 14.8. The molecule has 3 rings (SSSR count). The van der Waals surface area contributed by atoms with Gasteiger partial charge in [-0.15, -0.1) is 0 Å². The molecule has 1 aromatic heterocycles. The van der Waals surface area contributed by atoms with E-state index < -0.39 is 0 Å². The van der Waals surface area contributed by atoms with E-state index in [0.29, 0.717) is 5.82 Å². The molecular formula is C17H16BrN3O. The lowest BCUT2D eigenvalue weighted by molar-refractivity contribution is 0.416. The van der Waals surface area contributed by atoms with Gasteiger partial charge in [0.1, 0.15) is 11.6 Å². The van der Waals surface area contributed by atoms with Crippen molar-refractivity contribution in [2.45, 2.75) is 6.92 Å². The zero-order valence-electron chi connectivity index (χ0n) is 12.4. The second-order valence-electron chi connectivity index (χ2n) is 4.79. The molecule has 2 aromatic carbocycles. The molecule has 0 aliphatic heterocycles. The number of benzene rings is 2. The smallest absolute Gasteiger partial charge is 0.165 e. The van der Waals surface area contributed by atoms with Crippen LogP contribution in [-0.4, -0.2) is 23.6 Å². The highest BCUT2D eigenvalue weighted by Crippen LogP contribution is 2.32. The molecule has 22 heavy (non-hydrogen) atoms. The van der Waals surface area contributed by atoms with Gasteiger partial charge in [0.15, 0.2) is 5.82 Å². The number of nitrogens with zero attached hydrogens (tertiary/aromatic N) is 2. The highest BCUT2D eigenvalue weighted by atomic mass is 79.9. The Hall–Kier alpha value is -2.14. The molecule has 3 aromatic rings. The molecule has 0 amide bonds. The normalized spacial score (nSPS) is 10.7. The second-order valence-corrected chi connectivity index (χ2v) is 5.70.